The fourth-order valence-corrected chi connectivity index (χ4v) is 6.78. The molecule has 0 saturated heterocycles. The van der Waals surface area contributed by atoms with Crippen LogP contribution in [0.25, 0.3) is 72.0 Å². The number of fused-ring (bicyclic) bond motifs is 3. The molecule has 0 saturated carbocycles. The molecular formula is C44H33N. The summed E-state index contributed by atoms with van der Waals surface area (Å²) in [5.41, 5.74) is 16.0. The van der Waals surface area contributed by atoms with Gasteiger partial charge in [0.1, 0.15) is 0 Å². The Morgan fingerprint density at radius 2 is 0.889 bits per heavy atom. The first kappa shape index (κ1) is 26.9. The maximum atomic E-state index is 2.45. The third-order valence-electron chi connectivity index (χ3n) is 9.06. The molecule has 0 amide bonds. The smallest absolute Gasteiger partial charge is 0.0547 e. The Hall–Kier alpha value is -5.66. The van der Waals surface area contributed by atoms with Crippen LogP contribution >= 0.6 is 0 Å². The van der Waals surface area contributed by atoms with E-state index in [0.29, 0.717) is 0 Å². The van der Waals surface area contributed by atoms with E-state index in [2.05, 4.69) is 182 Å². The average Bonchev–Trinajstić information content (AvgIpc) is 3.43. The van der Waals surface area contributed by atoms with Crippen molar-refractivity contribution < 1.29 is 0 Å². The lowest BCUT2D eigenvalue weighted by atomic mass is 9.93. The van der Waals surface area contributed by atoms with Gasteiger partial charge in [0.15, 0.2) is 0 Å². The molecule has 8 rings (SSSR count). The monoisotopic (exact) mass is 575 g/mol. The second-order valence-corrected chi connectivity index (χ2v) is 11.9. The van der Waals surface area contributed by atoms with E-state index in [0.717, 1.165) is 5.69 Å². The number of rotatable bonds is 5. The van der Waals surface area contributed by atoms with Gasteiger partial charge in [-0.25, -0.2) is 0 Å². The number of aryl methyl sites for hydroxylation is 2. The summed E-state index contributed by atoms with van der Waals surface area (Å²) in [6.07, 6.45) is 0. The summed E-state index contributed by atoms with van der Waals surface area (Å²) in [6, 6.07) is 59.6. The minimum absolute atomic E-state index is 1.16. The quantitative estimate of drug-likeness (QED) is 0.192. The Balaban J connectivity index is 1.34. The summed E-state index contributed by atoms with van der Waals surface area (Å²) in [4.78, 5) is 0. The van der Waals surface area contributed by atoms with Crippen LogP contribution in [0.4, 0.5) is 0 Å². The second kappa shape index (κ2) is 11.1. The highest BCUT2D eigenvalue weighted by Crippen LogP contribution is 2.38. The van der Waals surface area contributed by atoms with Crippen LogP contribution in [0.2, 0.25) is 0 Å². The van der Waals surface area contributed by atoms with E-state index in [1.165, 1.54) is 77.4 Å². The third kappa shape index (κ3) is 4.83. The Morgan fingerprint density at radius 3 is 1.58 bits per heavy atom. The maximum absolute atomic E-state index is 2.45. The van der Waals surface area contributed by atoms with Crippen molar-refractivity contribution in [2.24, 2.45) is 0 Å². The summed E-state index contributed by atoms with van der Waals surface area (Å²) in [5, 5.41) is 2.52. The highest BCUT2D eigenvalue weighted by Gasteiger charge is 2.16. The molecule has 0 atom stereocenters. The first-order valence-corrected chi connectivity index (χ1v) is 15.6. The Morgan fingerprint density at radius 1 is 0.333 bits per heavy atom. The van der Waals surface area contributed by atoms with E-state index in [-0.39, 0.29) is 0 Å². The van der Waals surface area contributed by atoms with Gasteiger partial charge in [-0.2, -0.15) is 0 Å². The molecule has 0 fully saturated rings. The Labute approximate surface area is 264 Å². The van der Waals surface area contributed by atoms with Crippen molar-refractivity contribution >= 4 is 21.8 Å². The van der Waals surface area contributed by atoms with Crippen LogP contribution in [0, 0.1) is 13.8 Å². The fourth-order valence-electron chi connectivity index (χ4n) is 6.78. The average molecular weight is 576 g/mol. The highest BCUT2D eigenvalue weighted by atomic mass is 15.0. The SMILES string of the molecule is Cc1ccccc1-c1ccc(-c2ccc3c4ccccc4n(-c4cc(-c5ccccc5)cc(-c5ccccc5)c4)c3c2)cc1C. The Bertz CT molecular complexity index is 2270. The normalized spacial score (nSPS) is 11.3. The number of benzene rings is 7. The molecule has 0 aliphatic carbocycles. The molecule has 45 heavy (non-hydrogen) atoms. The van der Waals surface area contributed by atoms with Crippen LogP contribution in [-0.4, -0.2) is 4.57 Å². The van der Waals surface area contributed by atoms with Gasteiger partial charge in [-0.15, -0.1) is 0 Å². The van der Waals surface area contributed by atoms with Crippen LogP contribution < -0.4 is 0 Å². The van der Waals surface area contributed by atoms with Crippen LogP contribution in [-0.2, 0) is 0 Å². The zero-order valence-corrected chi connectivity index (χ0v) is 25.5. The number of hydrogen-bond acceptors (Lipinski definition) is 0. The number of aromatic nitrogens is 1. The third-order valence-corrected chi connectivity index (χ3v) is 9.06. The van der Waals surface area contributed by atoms with Crippen LogP contribution in [0.3, 0.4) is 0 Å². The molecule has 0 aliphatic heterocycles. The summed E-state index contributed by atoms with van der Waals surface area (Å²) in [6.45, 7) is 4.41. The lowest BCUT2D eigenvalue weighted by molar-refractivity contribution is 1.18. The van der Waals surface area contributed by atoms with Crippen molar-refractivity contribution in [1.29, 1.82) is 0 Å². The molecule has 214 valence electrons. The van der Waals surface area contributed by atoms with E-state index >= 15 is 0 Å². The Kier molecular flexibility index (Phi) is 6.65. The predicted molar refractivity (Wildman–Crippen MR) is 192 cm³/mol. The molecule has 0 aliphatic rings. The van der Waals surface area contributed by atoms with Crippen molar-refractivity contribution in [1.82, 2.24) is 4.57 Å². The molecule has 7 aromatic carbocycles. The molecule has 8 aromatic rings. The number of nitrogens with zero attached hydrogens (tertiary/aromatic N) is 1. The zero-order chi connectivity index (χ0) is 30.3. The largest absolute Gasteiger partial charge is 0.309 e. The molecular weight excluding hydrogens is 542 g/mol. The number of hydrogen-bond donors (Lipinski definition) is 0. The van der Waals surface area contributed by atoms with Gasteiger partial charge in [0.05, 0.1) is 11.0 Å². The molecule has 0 bridgehead atoms. The fraction of sp³-hybridized carbons (Fsp3) is 0.0455. The van der Waals surface area contributed by atoms with Crippen LogP contribution in [0.1, 0.15) is 11.1 Å². The lowest BCUT2D eigenvalue weighted by Crippen LogP contribution is -1.96. The van der Waals surface area contributed by atoms with Crippen molar-refractivity contribution in [3.8, 4) is 50.2 Å². The zero-order valence-electron chi connectivity index (χ0n) is 25.5. The summed E-state index contributed by atoms with van der Waals surface area (Å²) >= 11 is 0. The van der Waals surface area contributed by atoms with Gasteiger partial charge >= 0.3 is 0 Å². The summed E-state index contributed by atoms with van der Waals surface area (Å²) < 4.78 is 2.45. The van der Waals surface area contributed by atoms with Gasteiger partial charge in [-0.05, 0) is 99.8 Å². The van der Waals surface area contributed by atoms with Crippen molar-refractivity contribution in [2.45, 2.75) is 13.8 Å². The topological polar surface area (TPSA) is 4.93 Å². The van der Waals surface area contributed by atoms with E-state index < -0.39 is 0 Å². The van der Waals surface area contributed by atoms with Gasteiger partial charge in [-0.1, -0.05) is 133 Å². The van der Waals surface area contributed by atoms with Gasteiger partial charge < -0.3 is 4.57 Å². The van der Waals surface area contributed by atoms with Crippen LogP contribution in [0.15, 0.2) is 164 Å². The first-order valence-electron chi connectivity index (χ1n) is 15.6. The molecule has 1 heterocycles. The summed E-state index contributed by atoms with van der Waals surface area (Å²) in [7, 11) is 0. The van der Waals surface area contributed by atoms with Crippen LogP contribution in [0.5, 0.6) is 0 Å². The summed E-state index contributed by atoms with van der Waals surface area (Å²) in [5.74, 6) is 0. The van der Waals surface area contributed by atoms with E-state index in [1.54, 1.807) is 0 Å². The van der Waals surface area contributed by atoms with Gasteiger partial charge in [0.2, 0.25) is 0 Å². The molecule has 1 aromatic heterocycles. The number of para-hydroxylation sites is 1. The van der Waals surface area contributed by atoms with Gasteiger partial charge in [-0.3, -0.25) is 0 Å². The second-order valence-electron chi connectivity index (χ2n) is 11.9. The molecule has 0 spiro atoms. The maximum Gasteiger partial charge on any atom is 0.0547 e. The standard InChI is InChI=1S/C44H33N/c1-30-13-9-10-18-39(30)40-23-21-34(25-31(40)2)35-22-24-42-41-19-11-12-20-43(41)45(44(42)29-35)38-27-36(32-14-5-3-6-15-32)26-37(28-38)33-16-7-4-8-17-33/h3-29H,1-2H3. The van der Waals surface area contributed by atoms with E-state index in [9.17, 15) is 0 Å². The van der Waals surface area contributed by atoms with E-state index in [1.807, 2.05) is 0 Å². The minimum atomic E-state index is 1.16. The molecule has 0 unspecified atom stereocenters. The van der Waals surface area contributed by atoms with Gasteiger partial charge in [0, 0.05) is 16.5 Å². The van der Waals surface area contributed by atoms with Gasteiger partial charge in [0.25, 0.3) is 0 Å². The lowest BCUT2D eigenvalue weighted by Gasteiger charge is -2.15. The first-order chi connectivity index (χ1) is 22.1. The van der Waals surface area contributed by atoms with Crippen molar-refractivity contribution in [3.05, 3.63) is 175 Å². The predicted octanol–water partition coefficient (Wildman–Crippen LogP) is 12.1. The minimum Gasteiger partial charge on any atom is -0.309 e. The van der Waals surface area contributed by atoms with Crippen molar-refractivity contribution in [2.75, 3.05) is 0 Å². The molecule has 0 N–H and O–H groups in total. The molecule has 1 heteroatoms. The molecule has 0 radical (unpaired) electrons. The van der Waals surface area contributed by atoms with Crippen molar-refractivity contribution in [3.63, 3.8) is 0 Å². The molecule has 1 nitrogen and oxygen atoms in total. The highest BCUT2D eigenvalue weighted by molar-refractivity contribution is 6.10. The van der Waals surface area contributed by atoms with E-state index in [4.69, 9.17) is 0 Å².